The molecule has 2 aromatic rings. The summed E-state index contributed by atoms with van der Waals surface area (Å²) in [5, 5.41) is 16.7. The number of anilines is 4. The van der Waals surface area contributed by atoms with Crippen LogP contribution in [0.2, 0.25) is 0 Å². The van der Waals surface area contributed by atoms with E-state index in [2.05, 4.69) is 31.1 Å². The first-order chi connectivity index (χ1) is 12.1. The maximum absolute atomic E-state index is 11.6. The molecule has 25 heavy (non-hydrogen) atoms. The van der Waals surface area contributed by atoms with E-state index in [1.165, 1.54) is 12.4 Å². The second kappa shape index (κ2) is 8.93. The van der Waals surface area contributed by atoms with E-state index in [-0.39, 0.29) is 11.4 Å². The molecule has 1 aromatic carbocycles. The zero-order valence-corrected chi connectivity index (χ0v) is 13.4. The highest BCUT2D eigenvalue weighted by Crippen LogP contribution is 2.22. The predicted molar refractivity (Wildman–Crippen MR) is 98.7 cm³/mol. The highest BCUT2D eigenvalue weighted by atomic mass is 16.1. The minimum Gasteiger partial charge on any atom is -0.365 e. The van der Waals surface area contributed by atoms with Gasteiger partial charge in [0.15, 0.2) is 0 Å². The predicted octanol–water partition coefficient (Wildman–Crippen LogP) is 0.737. The summed E-state index contributed by atoms with van der Waals surface area (Å²) in [6, 6.07) is 7.16. The number of nitrogens with zero attached hydrogens (tertiary/aromatic N) is 3. The molecule has 0 bridgehead atoms. The fraction of sp³-hybridized carbons (Fsp3) is 0.133. The molecule has 1 heterocycles. The van der Waals surface area contributed by atoms with Gasteiger partial charge in [-0.25, -0.2) is 4.98 Å². The average molecular weight is 341 g/mol. The summed E-state index contributed by atoms with van der Waals surface area (Å²) in [6.45, 7) is 0.924. The molecule has 10 heteroatoms. The van der Waals surface area contributed by atoms with E-state index in [0.717, 1.165) is 6.21 Å². The molecule has 0 saturated carbocycles. The van der Waals surface area contributed by atoms with Gasteiger partial charge in [0.05, 0.1) is 11.9 Å². The van der Waals surface area contributed by atoms with Crippen molar-refractivity contribution in [3.8, 4) is 0 Å². The molecule has 0 unspecified atom stereocenters. The normalized spacial score (nSPS) is 10.4. The van der Waals surface area contributed by atoms with Gasteiger partial charge >= 0.3 is 0 Å². The van der Waals surface area contributed by atoms with Gasteiger partial charge in [-0.1, -0.05) is 6.07 Å². The van der Waals surface area contributed by atoms with Crippen LogP contribution in [0.1, 0.15) is 10.4 Å². The minimum absolute atomic E-state index is 0.165. The summed E-state index contributed by atoms with van der Waals surface area (Å²) in [4.78, 5) is 19.9. The Labute approximate surface area is 144 Å². The van der Waals surface area contributed by atoms with Gasteiger partial charge in [-0.3, -0.25) is 10.2 Å². The van der Waals surface area contributed by atoms with Crippen LogP contribution in [-0.4, -0.2) is 41.4 Å². The summed E-state index contributed by atoms with van der Waals surface area (Å²) < 4.78 is 0. The molecule has 1 amide bonds. The third-order valence-corrected chi connectivity index (χ3v) is 2.95. The number of carbonyl (C=O) groups excluding carboxylic acids is 1. The second-order valence-corrected chi connectivity index (χ2v) is 4.80. The molecule has 0 fully saturated rings. The van der Waals surface area contributed by atoms with Crippen molar-refractivity contribution in [2.45, 2.75) is 0 Å². The minimum atomic E-state index is -0.641. The van der Waals surface area contributed by atoms with Crippen molar-refractivity contribution in [2.24, 2.45) is 16.6 Å². The van der Waals surface area contributed by atoms with Crippen LogP contribution in [0.15, 0.2) is 35.6 Å². The number of benzene rings is 1. The number of hydrazone groups is 1. The van der Waals surface area contributed by atoms with Crippen molar-refractivity contribution in [3.63, 3.8) is 0 Å². The Bertz CT molecular complexity index is 775. The number of carbonyl (C=O) groups is 1. The highest BCUT2D eigenvalue weighted by Gasteiger charge is 2.12. The van der Waals surface area contributed by atoms with Crippen molar-refractivity contribution in [1.29, 1.82) is 5.41 Å². The molecule has 0 aliphatic carbocycles. The summed E-state index contributed by atoms with van der Waals surface area (Å²) in [5.74, 6) is -0.0253. The van der Waals surface area contributed by atoms with E-state index in [1.807, 2.05) is 0 Å². The second-order valence-electron chi connectivity index (χ2n) is 4.80. The SMILES string of the molecule is N=C/C=N\Nc1cccc(Nc2nc(NCCN)ncc2C(N)=O)c1. The van der Waals surface area contributed by atoms with Crippen LogP contribution in [0.3, 0.4) is 0 Å². The maximum Gasteiger partial charge on any atom is 0.254 e. The lowest BCUT2D eigenvalue weighted by molar-refractivity contribution is 0.100. The van der Waals surface area contributed by atoms with E-state index >= 15 is 0 Å². The smallest absolute Gasteiger partial charge is 0.254 e. The van der Waals surface area contributed by atoms with Crippen LogP contribution in [0.4, 0.5) is 23.1 Å². The lowest BCUT2D eigenvalue weighted by Gasteiger charge is -2.12. The Hall–Kier alpha value is -3.53. The summed E-state index contributed by atoms with van der Waals surface area (Å²) in [5.41, 5.74) is 15.1. The number of nitrogens with one attached hydrogen (secondary N) is 4. The maximum atomic E-state index is 11.6. The average Bonchev–Trinajstić information content (AvgIpc) is 2.60. The number of hydrogen-bond acceptors (Lipinski definition) is 9. The van der Waals surface area contributed by atoms with Crippen molar-refractivity contribution in [2.75, 3.05) is 29.1 Å². The van der Waals surface area contributed by atoms with Crippen molar-refractivity contribution in [3.05, 3.63) is 36.0 Å². The lowest BCUT2D eigenvalue weighted by Crippen LogP contribution is -2.18. The first-order valence-corrected chi connectivity index (χ1v) is 7.40. The standard InChI is InChI=1S/C15H19N9O/c16-4-6-19-15-20-9-12(13(18)25)14(23-15)22-10-2-1-3-11(8-10)24-21-7-5-17/h1-3,5,7-9,17,24H,4,6,16H2,(H2,18,25)(H2,19,20,22,23)/b17-5?,21-7-. The largest absolute Gasteiger partial charge is 0.365 e. The molecule has 0 atom stereocenters. The first kappa shape index (κ1) is 17.8. The molecule has 0 aliphatic heterocycles. The van der Waals surface area contributed by atoms with E-state index in [4.69, 9.17) is 16.9 Å². The number of primary amides is 1. The van der Waals surface area contributed by atoms with Gasteiger partial charge in [0, 0.05) is 31.2 Å². The highest BCUT2D eigenvalue weighted by molar-refractivity contribution is 6.14. The molecule has 2 rings (SSSR count). The molecule has 0 aliphatic rings. The van der Waals surface area contributed by atoms with Crippen LogP contribution in [0.5, 0.6) is 0 Å². The van der Waals surface area contributed by atoms with Gasteiger partial charge in [-0.15, -0.1) is 0 Å². The molecule has 0 saturated heterocycles. The topological polar surface area (TPSA) is 167 Å². The van der Waals surface area contributed by atoms with Crippen molar-refractivity contribution in [1.82, 2.24) is 9.97 Å². The van der Waals surface area contributed by atoms with Gasteiger partial charge < -0.3 is 27.5 Å². The van der Waals surface area contributed by atoms with E-state index in [0.29, 0.717) is 30.4 Å². The zero-order chi connectivity index (χ0) is 18.1. The summed E-state index contributed by atoms with van der Waals surface area (Å²) in [6.07, 6.45) is 3.73. The zero-order valence-electron chi connectivity index (χ0n) is 13.4. The number of nitrogens with two attached hydrogens (primary N) is 2. The Morgan fingerprint density at radius 1 is 1.36 bits per heavy atom. The third-order valence-electron chi connectivity index (χ3n) is 2.95. The van der Waals surface area contributed by atoms with Gasteiger partial charge in [-0.05, 0) is 18.2 Å². The molecule has 1 aromatic heterocycles. The van der Waals surface area contributed by atoms with E-state index in [9.17, 15) is 4.79 Å². The summed E-state index contributed by atoms with van der Waals surface area (Å²) >= 11 is 0. The van der Waals surface area contributed by atoms with Crippen LogP contribution in [0.25, 0.3) is 0 Å². The Morgan fingerprint density at radius 3 is 2.88 bits per heavy atom. The Balaban J connectivity index is 2.25. The monoisotopic (exact) mass is 341 g/mol. The molecule has 130 valence electrons. The van der Waals surface area contributed by atoms with Crippen LogP contribution >= 0.6 is 0 Å². The molecule has 0 radical (unpaired) electrons. The van der Waals surface area contributed by atoms with E-state index in [1.54, 1.807) is 24.3 Å². The van der Waals surface area contributed by atoms with Gasteiger partial charge in [0.2, 0.25) is 5.95 Å². The Kier molecular flexibility index (Phi) is 6.37. The summed E-state index contributed by atoms with van der Waals surface area (Å²) in [7, 11) is 0. The number of hydrogen-bond donors (Lipinski definition) is 6. The first-order valence-electron chi connectivity index (χ1n) is 7.40. The quantitative estimate of drug-likeness (QED) is 0.289. The van der Waals surface area contributed by atoms with E-state index < -0.39 is 5.91 Å². The number of aromatic nitrogens is 2. The van der Waals surface area contributed by atoms with Crippen LogP contribution in [-0.2, 0) is 0 Å². The molecule has 0 spiro atoms. The fourth-order valence-corrected chi connectivity index (χ4v) is 1.88. The van der Waals surface area contributed by atoms with Crippen LogP contribution < -0.4 is 27.5 Å². The van der Waals surface area contributed by atoms with Gasteiger partial charge in [0.25, 0.3) is 5.91 Å². The Morgan fingerprint density at radius 2 is 2.16 bits per heavy atom. The third kappa shape index (κ3) is 5.25. The van der Waals surface area contributed by atoms with Crippen molar-refractivity contribution >= 4 is 41.5 Å². The van der Waals surface area contributed by atoms with Gasteiger partial charge in [0.1, 0.15) is 11.4 Å². The molecule has 8 N–H and O–H groups in total. The number of amides is 1. The number of rotatable bonds is 9. The van der Waals surface area contributed by atoms with Gasteiger partial charge in [-0.2, -0.15) is 10.1 Å². The fourth-order valence-electron chi connectivity index (χ4n) is 1.88. The lowest BCUT2D eigenvalue weighted by atomic mass is 10.2. The molecular weight excluding hydrogens is 322 g/mol. The molecular formula is C15H19N9O. The molecule has 10 nitrogen and oxygen atoms in total. The van der Waals surface area contributed by atoms with Crippen LogP contribution in [0, 0.1) is 5.41 Å². The van der Waals surface area contributed by atoms with Crippen molar-refractivity contribution < 1.29 is 4.79 Å².